The van der Waals surface area contributed by atoms with E-state index in [0.29, 0.717) is 16.1 Å². The van der Waals surface area contributed by atoms with Gasteiger partial charge in [-0.2, -0.15) is 0 Å². The molecular weight excluding hydrogens is 523 g/mol. The maximum Gasteiger partial charge on any atom is 0.272 e. The van der Waals surface area contributed by atoms with Gasteiger partial charge in [-0.05, 0) is 48.7 Å². The minimum absolute atomic E-state index is 0.197. The Morgan fingerprint density at radius 1 is 1.15 bits per heavy atom. The molecular formula is C24H20BrFN4O3S. The molecule has 3 aromatic rings. The molecule has 0 aliphatic carbocycles. The van der Waals surface area contributed by atoms with Crippen molar-refractivity contribution in [1.29, 1.82) is 0 Å². The summed E-state index contributed by atoms with van der Waals surface area (Å²) in [6.07, 6.45) is -1.32. The lowest BCUT2D eigenvalue weighted by molar-refractivity contribution is -0.128. The summed E-state index contributed by atoms with van der Waals surface area (Å²) in [4.78, 5) is 44.8. The van der Waals surface area contributed by atoms with Gasteiger partial charge in [0.1, 0.15) is 11.9 Å². The Morgan fingerprint density at radius 2 is 1.91 bits per heavy atom. The monoisotopic (exact) mass is 542 g/mol. The zero-order valence-corrected chi connectivity index (χ0v) is 20.6. The van der Waals surface area contributed by atoms with Crippen LogP contribution in [0.3, 0.4) is 0 Å². The number of thiophene rings is 1. The summed E-state index contributed by atoms with van der Waals surface area (Å²) in [5.74, 6) is -2.00. The van der Waals surface area contributed by atoms with Crippen LogP contribution in [0, 0.1) is 5.82 Å². The van der Waals surface area contributed by atoms with Gasteiger partial charge in [-0.3, -0.25) is 14.4 Å². The largest absolute Gasteiger partial charge is 0.340 e. The second-order valence-corrected chi connectivity index (χ2v) is 9.46. The van der Waals surface area contributed by atoms with E-state index in [0.717, 1.165) is 4.47 Å². The zero-order valence-electron chi connectivity index (χ0n) is 18.2. The van der Waals surface area contributed by atoms with Crippen molar-refractivity contribution in [2.24, 2.45) is 4.99 Å². The third-order valence-electron chi connectivity index (χ3n) is 5.29. The summed E-state index contributed by atoms with van der Waals surface area (Å²) in [6.45, 7) is 1.51. The van der Waals surface area contributed by atoms with E-state index < -0.39 is 35.7 Å². The van der Waals surface area contributed by atoms with Gasteiger partial charge >= 0.3 is 0 Å². The molecule has 0 bridgehead atoms. The van der Waals surface area contributed by atoms with Crippen LogP contribution in [0.1, 0.15) is 27.7 Å². The molecule has 3 amide bonds. The van der Waals surface area contributed by atoms with Crippen LogP contribution in [0.2, 0.25) is 0 Å². The van der Waals surface area contributed by atoms with E-state index in [2.05, 4.69) is 31.6 Å². The predicted octanol–water partition coefficient (Wildman–Crippen LogP) is 3.72. The van der Waals surface area contributed by atoms with Crippen LogP contribution in [0.25, 0.3) is 0 Å². The predicted molar refractivity (Wildman–Crippen MR) is 133 cm³/mol. The Hall–Kier alpha value is -3.37. The molecule has 0 fully saturated rings. The third-order valence-corrected chi connectivity index (χ3v) is 6.65. The van der Waals surface area contributed by atoms with Gasteiger partial charge < -0.3 is 15.5 Å². The topological polar surface area (TPSA) is 90.9 Å². The van der Waals surface area contributed by atoms with E-state index in [9.17, 15) is 18.8 Å². The number of aliphatic imine (C=N–C) groups is 1. The molecule has 34 heavy (non-hydrogen) atoms. The number of halogens is 2. The van der Waals surface area contributed by atoms with Crippen LogP contribution in [-0.2, 0) is 9.59 Å². The number of nitrogens with one attached hydrogen (secondary N) is 2. The lowest BCUT2D eigenvalue weighted by atomic mass is 10.00. The molecule has 0 saturated carbocycles. The number of amides is 3. The Balaban J connectivity index is 1.68. The van der Waals surface area contributed by atoms with Gasteiger partial charge in [0.15, 0.2) is 0 Å². The molecule has 0 radical (unpaired) electrons. The Labute approximate surface area is 207 Å². The number of benzodiazepines with no additional fused rings is 1. The van der Waals surface area contributed by atoms with Crippen molar-refractivity contribution in [1.82, 2.24) is 10.6 Å². The van der Waals surface area contributed by atoms with Gasteiger partial charge in [0.05, 0.1) is 16.3 Å². The molecule has 0 saturated heterocycles. The number of anilines is 1. The molecule has 2 aromatic carbocycles. The van der Waals surface area contributed by atoms with Crippen LogP contribution >= 0.6 is 27.3 Å². The van der Waals surface area contributed by atoms with Gasteiger partial charge in [-0.15, -0.1) is 11.3 Å². The molecule has 2 N–H and O–H groups in total. The fourth-order valence-electron chi connectivity index (χ4n) is 3.51. The average molecular weight is 543 g/mol. The Bertz CT molecular complexity index is 1300. The molecule has 1 unspecified atom stereocenters. The standard InChI is InChI=1S/C24H20BrFN4O3S/c1-13(27-23(32)19-8-5-11-34-19)22(31)29-21-24(33)30(2)18-10-9-14(25)12-16(18)20(28-21)15-6-3-4-7-17(15)26/h3-13,21H,1-2H3,(H,27,32)(H,29,31)/t13-,21?/m0/s1. The number of hydrogen-bond donors (Lipinski definition) is 2. The number of nitrogens with zero attached hydrogens (tertiary/aromatic N) is 2. The first-order valence-corrected chi connectivity index (χ1v) is 12.0. The van der Waals surface area contributed by atoms with Crippen molar-refractivity contribution in [3.05, 3.63) is 86.3 Å². The van der Waals surface area contributed by atoms with Crippen molar-refractivity contribution >= 4 is 56.4 Å². The number of rotatable bonds is 5. The summed E-state index contributed by atoms with van der Waals surface area (Å²) in [5.41, 5.74) is 1.48. The van der Waals surface area contributed by atoms with Gasteiger partial charge in [-0.1, -0.05) is 34.1 Å². The zero-order chi connectivity index (χ0) is 24.4. The number of likely N-dealkylation sites (N-methyl/N-ethyl adjacent to an activating group) is 1. The smallest absolute Gasteiger partial charge is 0.272 e. The molecule has 7 nitrogen and oxygen atoms in total. The summed E-state index contributed by atoms with van der Waals surface area (Å²) in [7, 11) is 1.57. The van der Waals surface area contributed by atoms with Crippen molar-refractivity contribution in [3.8, 4) is 0 Å². The van der Waals surface area contributed by atoms with Gasteiger partial charge in [0.25, 0.3) is 11.8 Å². The second kappa shape index (κ2) is 9.86. The third kappa shape index (κ3) is 4.78. The first-order valence-electron chi connectivity index (χ1n) is 10.3. The molecule has 2 atom stereocenters. The number of hydrogen-bond acceptors (Lipinski definition) is 5. The molecule has 4 rings (SSSR count). The van der Waals surface area contributed by atoms with Crippen LogP contribution in [-0.4, -0.2) is 42.7 Å². The Morgan fingerprint density at radius 3 is 2.62 bits per heavy atom. The van der Waals surface area contributed by atoms with E-state index in [1.165, 1.54) is 29.2 Å². The van der Waals surface area contributed by atoms with Gasteiger partial charge in [0.2, 0.25) is 12.1 Å². The number of benzene rings is 2. The van der Waals surface area contributed by atoms with E-state index in [4.69, 9.17) is 0 Å². The summed E-state index contributed by atoms with van der Waals surface area (Å²) in [5, 5.41) is 6.96. The van der Waals surface area contributed by atoms with Crippen molar-refractivity contribution in [3.63, 3.8) is 0 Å². The maximum absolute atomic E-state index is 14.8. The van der Waals surface area contributed by atoms with Crippen molar-refractivity contribution in [2.75, 3.05) is 11.9 Å². The normalized spacial score (nSPS) is 16.2. The highest BCUT2D eigenvalue weighted by Gasteiger charge is 2.33. The molecule has 2 heterocycles. The van der Waals surface area contributed by atoms with E-state index in [-0.39, 0.29) is 11.3 Å². The minimum Gasteiger partial charge on any atom is -0.340 e. The lowest BCUT2D eigenvalue weighted by Crippen LogP contribution is -2.52. The van der Waals surface area contributed by atoms with E-state index in [1.54, 1.807) is 61.0 Å². The summed E-state index contributed by atoms with van der Waals surface area (Å²) < 4.78 is 15.5. The molecule has 1 aromatic heterocycles. The molecule has 1 aliphatic heterocycles. The SMILES string of the molecule is C[C@H](NC(=O)c1cccs1)C(=O)NC1N=C(c2ccccc2F)c2cc(Br)ccc2N(C)C1=O. The van der Waals surface area contributed by atoms with Crippen LogP contribution in [0.4, 0.5) is 10.1 Å². The highest BCUT2D eigenvalue weighted by atomic mass is 79.9. The fraction of sp³-hybridized carbons (Fsp3) is 0.167. The highest BCUT2D eigenvalue weighted by Crippen LogP contribution is 2.30. The molecule has 0 spiro atoms. The first-order chi connectivity index (χ1) is 16.3. The lowest BCUT2D eigenvalue weighted by Gasteiger charge is -2.22. The second-order valence-electron chi connectivity index (χ2n) is 7.60. The highest BCUT2D eigenvalue weighted by molar-refractivity contribution is 9.10. The Kier molecular flexibility index (Phi) is 6.90. The van der Waals surface area contributed by atoms with Crippen molar-refractivity contribution in [2.45, 2.75) is 19.1 Å². The van der Waals surface area contributed by atoms with Crippen molar-refractivity contribution < 1.29 is 18.8 Å². The van der Waals surface area contributed by atoms with Crippen LogP contribution in [0.5, 0.6) is 0 Å². The van der Waals surface area contributed by atoms with E-state index >= 15 is 0 Å². The minimum atomic E-state index is -1.32. The van der Waals surface area contributed by atoms with Crippen LogP contribution in [0.15, 0.2) is 69.4 Å². The van der Waals surface area contributed by atoms with Gasteiger partial charge in [0, 0.05) is 22.6 Å². The summed E-state index contributed by atoms with van der Waals surface area (Å²) in [6, 6.07) is 13.8. The number of fused-ring (bicyclic) bond motifs is 1. The summed E-state index contributed by atoms with van der Waals surface area (Å²) >= 11 is 4.67. The molecule has 174 valence electrons. The van der Waals surface area contributed by atoms with Gasteiger partial charge in [-0.25, -0.2) is 9.38 Å². The van der Waals surface area contributed by atoms with E-state index in [1.807, 2.05) is 0 Å². The average Bonchev–Trinajstić information content (AvgIpc) is 3.33. The maximum atomic E-state index is 14.8. The number of carbonyl (C=O) groups excluding carboxylic acids is 3. The molecule has 1 aliphatic rings. The first kappa shape index (κ1) is 23.8. The quantitative estimate of drug-likeness (QED) is 0.514. The van der Waals surface area contributed by atoms with Crippen LogP contribution < -0.4 is 15.5 Å². The fourth-order valence-corrected chi connectivity index (χ4v) is 4.50. The number of carbonyl (C=O) groups is 3. The molecule has 10 heteroatoms.